The number of aliphatic hydroxyl groups is 1. The first-order chi connectivity index (χ1) is 24.5. The molecule has 51 heavy (non-hydrogen) atoms. The van der Waals surface area contributed by atoms with Crippen LogP contribution in [0.3, 0.4) is 0 Å². The Hall–Kier alpha value is -3.84. The van der Waals surface area contributed by atoms with Crippen molar-refractivity contribution >= 4 is 23.6 Å². The van der Waals surface area contributed by atoms with Crippen molar-refractivity contribution in [1.29, 1.82) is 0 Å². The number of nitrogens with one attached hydrogen (secondary N) is 3. The summed E-state index contributed by atoms with van der Waals surface area (Å²) >= 11 is 0. The number of hydrogen-bond acceptors (Lipinski definition) is 8. The highest BCUT2D eigenvalue weighted by atomic mass is 16.3. The smallest absolute Gasteiger partial charge is 0.245 e. The third-order valence-electron chi connectivity index (χ3n) is 10.1. The SMILES string of the molecule is CC(C)C[C@@H](NC(=O)[C@@H](Cc1ccccc1)NC(=O)[C@H](N)Cc1ccccc1)C(=O)N[C@H](CCCCN)C(=O)N1CCC2(CC1)CN(CCO)C2. The lowest BCUT2D eigenvalue weighted by atomic mass is 9.72. The molecule has 8 N–H and O–H groups in total. The third-order valence-corrected chi connectivity index (χ3v) is 10.1. The van der Waals surface area contributed by atoms with E-state index in [2.05, 4.69) is 20.9 Å². The average molecular weight is 706 g/mol. The molecule has 4 amide bonds. The summed E-state index contributed by atoms with van der Waals surface area (Å²) < 4.78 is 0. The second-order valence-electron chi connectivity index (χ2n) is 14.8. The molecule has 2 fully saturated rings. The molecule has 0 bridgehead atoms. The van der Waals surface area contributed by atoms with E-state index in [4.69, 9.17) is 11.5 Å². The van der Waals surface area contributed by atoms with Crippen LogP contribution in [0.15, 0.2) is 60.7 Å². The predicted octanol–water partition coefficient (Wildman–Crippen LogP) is 1.35. The van der Waals surface area contributed by atoms with Gasteiger partial charge in [0.1, 0.15) is 18.1 Å². The van der Waals surface area contributed by atoms with Crippen molar-refractivity contribution in [3.8, 4) is 0 Å². The van der Waals surface area contributed by atoms with Crippen LogP contribution in [0, 0.1) is 11.3 Å². The third kappa shape index (κ3) is 12.1. The summed E-state index contributed by atoms with van der Waals surface area (Å²) in [5, 5.41) is 18.0. The largest absolute Gasteiger partial charge is 0.395 e. The van der Waals surface area contributed by atoms with E-state index in [1.54, 1.807) is 0 Å². The maximum atomic E-state index is 14.0. The van der Waals surface area contributed by atoms with E-state index >= 15 is 0 Å². The Morgan fingerprint density at radius 1 is 0.784 bits per heavy atom. The van der Waals surface area contributed by atoms with Gasteiger partial charge in [-0.05, 0) is 74.0 Å². The van der Waals surface area contributed by atoms with Gasteiger partial charge >= 0.3 is 0 Å². The number of amides is 4. The highest BCUT2D eigenvalue weighted by Gasteiger charge is 2.45. The van der Waals surface area contributed by atoms with Gasteiger partial charge in [0.25, 0.3) is 0 Å². The molecular formula is C39H59N7O5. The molecule has 2 aliphatic heterocycles. The first-order valence-corrected chi connectivity index (χ1v) is 18.6. The maximum Gasteiger partial charge on any atom is 0.245 e. The van der Waals surface area contributed by atoms with E-state index in [9.17, 15) is 24.3 Å². The van der Waals surface area contributed by atoms with Gasteiger partial charge in [-0.1, -0.05) is 74.5 Å². The highest BCUT2D eigenvalue weighted by Crippen LogP contribution is 2.40. The average Bonchev–Trinajstić information content (AvgIpc) is 3.10. The Morgan fingerprint density at radius 3 is 1.90 bits per heavy atom. The lowest BCUT2D eigenvalue weighted by Gasteiger charge is -2.54. The number of carbonyl (C=O) groups excluding carboxylic acids is 4. The summed E-state index contributed by atoms with van der Waals surface area (Å²) in [5.41, 5.74) is 14.0. The van der Waals surface area contributed by atoms with Gasteiger partial charge in [0.2, 0.25) is 23.6 Å². The highest BCUT2D eigenvalue weighted by molar-refractivity contribution is 5.95. The number of nitrogens with two attached hydrogens (primary N) is 2. The molecule has 2 saturated heterocycles. The predicted molar refractivity (Wildman–Crippen MR) is 198 cm³/mol. The molecule has 280 valence electrons. The Labute approximate surface area is 303 Å². The Bertz CT molecular complexity index is 1390. The zero-order valence-corrected chi connectivity index (χ0v) is 30.4. The van der Waals surface area contributed by atoms with Crippen molar-refractivity contribution in [3.05, 3.63) is 71.8 Å². The van der Waals surface area contributed by atoms with Crippen LogP contribution in [0.25, 0.3) is 0 Å². The number of likely N-dealkylation sites (tertiary alicyclic amines) is 2. The molecule has 2 heterocycles. The normalized spacial score (nSPS) is 18.0. The van der Waals surface area contributed by atoms with Crippen molar-refractivity contribution in [2.75, 3.05) is 45.9 Å². The van der Waals surface area contributed by atoms with Crippen molar-refractivity contribution in [1.82, 2.24) is 25.8 Å². The zero-order valence-electron chi connectivity index (χ0n) is 30.4. The quantitative estimate of drug-likeness (QED) is 0.118. The minimum atomic E-state index is -0.980. The second kappa shape index (κ2) is 19.7. The van der Waals surface area contributed by atoms with E-state index in [1.807, 2.05) is 79.4 Å². The first-order valence-electron chi connectivity index (χ1n) is 18.6. The number of hydrogen-bond donors (Lipinski definition) is 6. The van der Waals surface area contributed by atoms with Crippen LogP contribution < -0.4 is 27.4 Å². The monoisotopic (exact) mass is 705 g/mol. The van der Waals surface area contributed by atoms with Gasteiger partial charge in [-0.15, -0.1) is 0 Å². The molecular weight excluding hydrogens is 646 g/mol. The lowest BCUT2D eigenvalue weighted by Crippen LogP contribution is -2.62. The summed E-state index contributed by atoms with van der Waals surface area (Å²) in [6.45, 7) is 8.36. The van der Waals surface area contributed by atoms with Crippen LogP contribution >= 0.6 is 0 Å². The fourth-order valence-corrected chi connectivity index (χ4v) is 7.24. The Kier molecular flexibility index (Phi) is 15.4. The van der Waals surface area contributed by atoms with Crippen LogP contribution in [0.4, 0.5) is 0 Å². The summed E-state index contributed by atoms with van der Waals surface area (Å²) in [4.78, 5) is 59.2. The lowest BCUT2D eigenvalue weighted by molar-refractivity contribution is -0.141. The van der Waals surface area contributed by atoms with Gasteiger partial charge in [0.15, 0.2) is 0 Å². The number of nitrogens with zero attached hydrogens (tertiary/aromatic N) is 2. The molecule has 12 heteroatoms. The number of β-amino-alcohol motifs (C(OH)–C–C–N with tert-alkyl or cyclic N) is 1. The van der Waals surface area contributed by atoms with Crippen LogP contribution in [0.2, 0.25) is 0 Å². The fourth-order valence-electron chi connectivity index (χ4n) is 7.24. The maximum absolute atomic E-state index is 14.0. The fraction of sp³-hybridized carbons (Fsp3) is 0.590. The molecule has 2 aromatic carbocycles. The number of unbranched alkanes of at least 4 members (excludes halogenated alkanes) is 1. The minimum Gasteiger partial charge on any atom is -0.395 e. The topological polar surface area (TPSA) is 183 Å². The number of benzene rings is 2. The van der Waals surface area contributed by atoms with Crippen LogP contribution in [-0.2, 0) is 32.0 Å². The second-order valence-corrected chi connectivity index (χ2v) is 14.8. The van der Waals surface area contributed by atoms with Crippen molar-refractivity contribution in [2.24, 2.45) is 22.8 Å². The van der Waals surface area contributed by atoms with E-state index < -0.39 is 41.9 Å². The summed E-state index contributed by atoms with van der Waals surface area (Å²) in [6.07, 6.45) is 4.49. The van der Waals surface area contributed by atoms with Gasteiger partial charge < -0.3 is 37.4 Å². The molecule has 0 saturated carbocycles. The van der Waals surface area contributed by atoms with Gasteiger partial charge in [-0.25, -0.2) is 0 Å². The van der Waals surface area contributed by atoms with Crippen molar-refractivity contribution < 1.29 is 24.3 Å². The molecule has 2 aromatic rings. The van der Waals surface area contributed by atoms with E-state index in [0.717, 1.165) is 43.5 Å². The molecule has 4 rings (SSSR count). The van der Waals surface area contributed by atoms with Crippen molar-refractivity contribution in [3.63, 3.8) is 0 Å². The van der Waals surface area contributed by atoms with E-state index in [-0.39, 0.29) is 30.3 Å². The van der Waals surface area contributed by atoms with Gasteiger partial charge in [-0.3, -0.25) is 24.1 Å². The first kappa shape index (κ1) is 39.9. The molecule has 0 radical (unpaired) electrons. The van der Waals surface area contributed by atoms with Gasteiger partial charge in [0.05, 0.1) is 12.6 Å². The van der Waals surface area contributed by atoms with Gasteiger partial charge in [0, 0.05) is 39.1 Å². The molecule has 1 spiro atoms. The Balaban J connectivity index is 1.44. The van der Waals surface area contributed by atoms with E-state index in [1.165, 1.54) is 0 Å². The standard InChI is InChI=1S/C39H59N7O5/c1-28(2)23-33(36(49)42-32(15-9-10-18-40)38(51)46-19-16-39(17-20-46)26-45(27-39)21-22-47)44-37(50)34(25-30-13-7-4-8-14-30)43-35(48)31(41)24-29-11-5-3-6-12-29/h3-8,11-14,28,31-34,47H,9-10,15-27,40-41H2,1-2H3,(H,42,49)(H,43,48)(H,44,50)/t31-,32-,33-,34-/m1/s1. The molecule has 0 aliphatic carbocycles. The molecule has 4 atom stereocenters. The zero-order chi connectivity index (χ0) is 36.8. The van der Waals surface area contributed by atoms with Crippen LogP contribution in [-0.4, -0.2) is 109 Å². The minimum absolute atomic E-state index is 0.0556. The molecule has 12 nitrogen and oxygen atoms in total. The number of piperidine rings is 1. The molecule has 2 aliphatic rings. The molecule has 0 unspecified atom stereocenters. The van der Waals surface area contributed by atoms with Crippen LogP contribution in [0.1, 0.15) is 63.5 Å². The molecule has 0 aromatic heterocycles. The summed E-state index contributed by atoms with van der Waals surface area (Å²) in [5.74, 6) is -1.45. The van der Waals surface area contributed by atoms with E-state index in [0.29, 0.717) is 51.9 Å². The van der Waals surface area contributed by atoms with Crippen LogP contribution in [0.5, 0.6) is 0 Å². The Morgan fingerprint density at radius 2 is 1.33 bits per heavy atom. The number of carbonyl (C=O) groups is 4. The summed E-state index contributed by atoms with van der Waals surface area (Å²) in [7, 11) is 0. The number of aliphatic hydroxyl groups excluding tert-OH is 1. The number of rotatable bonds is 19. The van der Waals surface area contributed by atoms with Gasteiger partial charge in [-0.2, -0.15) is 0 Å². The summed E-state index contributed by atoms with van der Waals surface area (Å²) in [6, 6.07) is 15.3. The van der Waals surface area contributed by atoms with Crippen molar-refractivity contribution in [2.45, 2.75) is 89.4 Å².